The molecule has 2 rings (SSSR count). The van der Waals surface area contributed by atoms with Crippen LogP contribution in [-0.4, -0.2) is 18.6 Å². The van der Waals surface area contributed by atoms with Gasteiger partial charge in [-0.2, -0.15) is 0 Å². The molecule has 0 radical (unpaired) electrons. The van der Waals surface area contributed by atoms with E-state index in [2.05, 4.69) is 41.5 Å². The van der Waals surface area contributed by atoms with Gasteiger partial charge in [0.05, 0.1) is 12.6 Å². The highest BCUT2D eigenvalue weighted by atomic mass is 16.5. The minimum atomic E-state index is 0.110. The fourth-order valence-corrected chi connectivity index (χ4v) is 2.60. The minimum absolute atomic E-state index is 0.110. The van der Waals surface area contributed by atoms with Crippen LogP contribution in [0.2, 0.25) is 0 Å². The molecule has 1 heterocycles. The Hall–Kier alpha value is -1.87. The van der Waals surface area contributed by atoms with E-state index in [4.69, 9.17) is 4.74 Å². The van der Waals surface area contributed by atoms with Gasteiger partial charge in [-0.15, -0.1) is 0 Å². The zero-order chi connectivity index (χ0) is 15.2. The van der Waals surface area contributed by atoms with Gasteiger partial charge in [-0.1, -0.05) is 25.1 Å². The van der Waals surface area contributed by atoms with Gasteiger partial charge >= 0.3 is 0 Å². The van der Waals surface area contributed by atoms with E-state index >= 15 is 0 Å². The average Bonchev–Trinajstić information content (AvgIpc) is 2.46. The van der Waals surface area contributed by atoms with Crippen LogP contribution < -0.4 is 10.1 Å². The lowest BCUT2D eigenvalue weighted by Crippen LogP contribution is -2.19. The molecule has 1 unspecified atom stereocenters. The summed E-state index contributed by atoms with van der Waals surface area (Å²) in [5.41, 5.74) is 4.46. The molecule has 0 amide bonds. The number of benzene rings is 1. The SMILES string of the molecule is CCCOc1ccccc1C(NC)c1cc(C)nc(C)c1. The van der Waals surface area contributed by atoms with E-state index in [0.29, 0.717) is 0 Å². The molecule has 0 aliphatic carbocycles. The van der Waals surface area contributed by atoms with Crippen LogP contribution in [0.4, 0.5) is 0 Å². The Morgan fingerprint density at radius 1 is 1.14 bits per heavy atom. The van der Waals surface area contributed by atoms with Crippen molar-refractivity contribution in [2.45, 2.75) is 33.2 Å². The summed E-state index contributed by atoms with van der Waals surface area (Å²) in [6.07, 6.45) is 1.01. The van der Waals surface area contributed by atoms with E-state index in [-0.39, 0.29) is 6.04 Å². The maximum Gasteiger partial charge on any atom is 0.124 e. The van der Waals surface area contributed by atoms with Gasteiger partial charge in [0.2, 0.25) is 0 Å². The number of hydrogen-bond acceptors (Lipinski definition) is 3. The van der Waals surface area contributed by atoms with E-state index in [1.165, 1.54) is 11.1 Å². The predicted molar refractivity (Wildman–Crippen MR) is 86.8 cm³/mol. The molecule has 1 atom stereocenters. The maximum absolute atomic E-state index is 5.90. The van der Waals surface area contributed by atoms with Crippen molar-refractivity contribution in [3.8, 4) is 5.75 Å². The molecule has 0 fully saturated rings. The highest BCUT2D eigenvalue weighted by Crippen LogP contribution is 2.30. The third-order valence-electron chi connectivity index (χ3n) is 3.42. The largest absolute Gasteiger partial charge is 0.493 e. The van der Waals surface area contributed by atoms with E-state index in [9.17, 15) is 0 Å². The first-order chi connectivity index (χ1) is 10.2. The highest BCUT2D eigenvalue weighted by molar-refractivity contribution is 5.42. The Morgan fingerprint density at radius 2 is 1.81 bits per heavy atom. The average molecular weight is 284 g/mol. The van der Waals surface area contributed by atoms with Gasteiger partial charge < -0.3 is 10.1 Å². The van der Waals surface area contributed by atoms with Crippen LogP contribution in [0.15, 0.2) is 36.4 Å². The molecule has 1 aromatic carbocycles. The van der Waals surface area contributed by atoms with Gasteiger partial charge in [-0.25, -0.2) is 0 Å². The zero-order valence-corrected chi connectivity index (χ0v) is 13.3. The molecule has 0 spiro atoms. The quantitative estimate of drug-likeness (QED) is 0.876. The molecule has 0 bridgehead atoms. The van der Waals surface area contributed by atoms with Gasteiger partial charge in [0.15, 0.2) is 0 Å². The summed E-state index contributed by atoms with van der Waals surface area (Å²) in [4.78, 5) is 4.46. The van der Waals surface area contributed by atoms with Crippen LogP contribution in [-0.2, 0) is 0 Å². The van der Waals surface area contributed by atoms with Crippen molar-refractivity contribution in [1.82, 2.24) is 10.3 Å². The number of rotatable bonds is 6. The van der Waals surface area contributed by atoms with Crippen LogP contribution >= 0.6 is 0 Å². The Balaban J connectivity index is 2.41. The van der Waals surface area contributed by atoms with Crippen molar-refractivity contribution in [1.29, 1.82) is 0 Å². The van der Waals surface area contributed by atoms with Crippen LogP contribution in [0, 0.1) is 13.8 Å². The van der Waals surface area contributed by atoms with Gasteiger partial charge in [-0.3, -0.25) is 4.98 Å². The van der Waals surface area contributed by atoms with Gasteiger partial charge in [0.25, 0.3) is 0 Å². The third-order valence-corrected chi connectivity index (χ3v) is 3.42. The smallest absolute Gasteiger partial charge is 0.124 e. The van der Waals surface area contributed by atoms with Crippen molar-refractivity contribution < 1.29 is 4.74 Å². The first kappa shape index (κ1) is 15.5. The van der Waals surface area contributed by atoms with Crippen molar-refractivity contribution in [2.75, 3.05) is 13.7 Å². The number of ether oxygens (including phenoxy) is 1. The Bertz CT molecular complexity index is 575. The third kappa shape index (κ3) is 3.82. The monoisotopic (exact) mass is 284 g/mol. The number of para-hydroxylation sites is 1. The number of aryl methyl sites for hydroxylation is 2. The Labute approximate surface area is 127 Å². The lowest BCUT2D eigenvalue weighted by Gasteiger charge is -2.21. The predicted octanol–water partition coefficient (Wildman–Crippen LogP) is 3.80. The summed E-state index contributed by atoms with van der Waals surface area (Å²) in [7, 11) is 1.98. The second-order valence-electron chi connectivity index (χ2n) is 5.29. The maximum atomic E-state index is 5.90. The van der Waals surface area contributed by atoms with E-state index in [1.54, 1.807) is 0 Å². The lowest BCUT2D eigenvalue weighted by atomic mass is 9.97. The van der Waals surface area contributed by atoms with Crippen LogP contribution in [0.1, 0.15) is 41.9 Å². The van der Waals surface area contributed by atoms with Crippen molar-refractivity contribution >= 4 is 0 Å². The topological polar surface area (TPSA) is 34.1 Å². The molecule has 112 valence electrons. The number of nitrogens with zero attached hydrogens (tertiary/aromatic N) is 1. The molecular formula is C18H24N2O. The highest BCUT2D eigenvalue weighted by Gasteiger charge is 2.17. The fourth-order valence-electron chi connectivity index (χ4n) is 2.60. The second kappa shape index (κ2) is 7.23. The second-order valence-corrected chi connectivity index (χ2v) is 5.29. The van der Waals surface area contributed by atoms with Gasteiger partial charge in [-0.05, 0) is 51.1 Å². The van der Waals surface area contributed by atoms with Crippen molar-refractivity contribution in [3.63, 3.8) is 0 Å². The summed E-state index contributed by atoms with van der Waals surface area (Å²) < 4.78 is 5.90. The number of nitrogens with one attached hydrogen (secondary N) is 1. The van der Waals surface area contributed by atoms with E-state index < -0.39 is 0 Å². The zero-order valence-electron chi connectivity index (χ0n) is 13.3. The lowest BCUT2D eigenvalue weighted by molar-refractivity contribution is 0.312. The molecule has 2 aromatic rings. The Kier molecular flexibility index (Phi) is 5.34. The molecule has 3 heteroatoms. The molecule has 1 N–H and O–H groups in total. The number of pyridine rings is 1. The summed E-state index contributed by atoms with van der Waals surface area (Å²) in [6.45, 7) is 6.92. The summed E-state index contributed by atoms with van der Waals surface area (Å²) >= 11 is 0. The standard InChI is InChI=1S/C18H24N2O/c1-5-10-21-17-9-7-6-8-16(17)18(19-4)15-11-13(2)20-14(3)12-15/h6-9,11-12,18-19H,5,10H2,1-4H3. The molecular weight excluding hydrogens is 260 g/mol. The van der Waals surface area contributed by atoms with Crippen LogP contribution in [0.25, 0.3) is 0 Å². The summed E-state index contributed by atoms with van der Waals surface area (Å²) in [5.74, 6) is 0.950. The van der Waals surface area contributed by atoms with Gasteiger partial charge in [0, 0.05) is 17.0 Å². The first-order valence-electron chi connectivity index (χ1n) is 7.50. The summed E-state index contributed by atoms with van der Waals surface area (Å²) in [6, 6.07) is 12.6. The van der Waals surface area contributed by atoms with Crippen LogP contribution in [0.3, 0.4) is 0 Å². The molecule has 1 aromatic heterocycles. The molecule has 0 saturated carbocycles. The molecule has 0 saturated heterocycles. The van der Waals surface area contributed by atoms with Gasteiger partial charge in [0.1, 0.15) is 5.75 Å². The molecule has 0 aliphatic heterocycles. The first-order valence-corrected chi connectivity index (χ1v) is 7.50. The summed E-state index contributed by atoms with van der Waals surface area (Å²) in [5, 5.41) is 3.40. The minimum Gasteiger partial charge on any atom is -0.493 e. The molecule has 0 aliphatic rings. The number of aromatic nitrogens is 1. The number of hydrogen-bond donors (Lipinski definition) is 1. The van der Waals surface area contributed by atoms with E-state index in [0.717, 1.165) is 30.2 Å². The molecule has 3 nitrogen and oxygen atoms in total. The fraction of sp³-hybridized carbons (Fsp3) is 0.389. The van der Waals surface area contributed by atoms with Crippen LogP contribution in [0.5, 0.6) is 5.75 Å². The normalized spacial score (nSPS) is 12.2. The van der Waals surface area contributed by atoms with E-state index in [1.807, 2.05) is 33.0 Å². The Morgan fingerprint density at radius 3 is 2.43 bits per heavy atom. The molecule has 21 heavy (non-hydrogen) atoms. The van der Waals surface area contributed by atoms with Crippen molar-refractivity contribution in [2.24, 2.45) is 0 Å². The van der Waals surface area contributed by atoms with Crippen molar-refractivity contribution in [3.05, 3.63) is 58.9 Å².